The van der Waals surface area contributed by atoms with Crippen molar-refractivity contribution in [1.82, 2.24) is 0 Å². The fraction of sp³-hybridized carbons (Fsp3) is 0.600. The highest BCUT2D eigenvalue weighted by atomic mass is 19.1. The third-order valence-corrected chi connectivity index (χ3v) is 3.69. The fourth-order valence-corrected chi connectivity index (χ4v) is 2.63. The standard InChI is InChI=1S/C15H22FNO2/c1-4-12-9-19-10(2)8-17(12)15-13(11(3)18)6-5-7-14(15)16/h5-7,10-12,18H,4,8-9H2,1-3H3. The lowest BCUT2D eigenvalue weighted by Crippen LogP contribution is -2.49. The molecule has 1 aliphatic heterocycles. The van der Waals surface area contributed by atoms with Crippen LogP contribution in [0.4, 0.5) is 10.1 Å². The quantitative estimate of drug-likeness (QED) is 0.914. The maximum absolute atomic E-state index is 14.2. The highest BCUT2D eigenvalue weighted by Crippen LogP contribution is 2.33. The van der Waals surface area contributed by atoms with Gasteiger partial charge >= 0.3 is 0 Å². The molecule has 19 heavy (non-hydrogen) atoms. The van der Waals surface area contributed by atoms with E-state index in [1.54, 1.807) is 19.1 Å². The van der Waals surface area contributed by atoms with Gasteiger partial charge in [-0.3, -0.25) is 0 Å². The van der Waals surface area contributed by atoms with Crippen LogP contribution in [0, 0.1) is 5.82 Å². The number of benzene rings is 1. The van der Waals surface area contributed by atoms with Crippen molar-refractivity contribution < 1.29 is 14.2 Å². The summed E-state index contributed by atoms with van der Waals surface area (Å²) in [4.78, 5) is 2.05. The molecule has 1 heterocycles. The monoisotopic (exact) mass is 267 g/mol. The molecule has 1 N–H and O–H groups in total. The minimum absolute atomic E-state index is 0.0734. The lowest BCUT2D eigenvalue weighted by atomic mass is 10.0. The second-order valence-corrected chi connectivity index (χ2v) is 5.21. The molecule has 0 radical (unpaired) electrons. The first kappa shape index (κ1) is 14.3. The number of para-hydroxylation sites is 1. The van der Waals surface area contributed by atoms with Crippen molar-refractivity contribution in [3.8, 4) is 0 Å². The maximum atomic E-state index is 14.2. The second-order valence-electron chi connectivity index (χ2n) is 5.21. The van der Waals surface area contributed by atoms with E-state index in [1.165, 1.54) is 6.07 Å². The lowest BCUT2D eigenvalue weighted by molar-refractivity contribution is 0.0294. The van der Waals surface area contributed by atoms with E-state index >= 15 is 0 Å². The van der Waals surface area contributed by atoms with Gasteiger partial charge in [-0.15, -0.1) is 0 Å². The molecule has 0 saturated carbocycles. The van der Waals surface area contributed by atoms with Crippen LogP contribution in [-0.2, 0) is 4.74 Å². The third-order valence-electron chi connectivity index (χ3n) is 3.69. The van der Waals surface area contributed by atoms with Gasteiger partial charge in [-0.05, 0) is 26.3 Å². The normalized spacial score (nSPS) is 25.4. The Morgan fingerprint density at radius 1 is 1.53 bits per heavy atom. The van der Waals surface area contributed by atoms with Crippen molar-refractivity contribution in [1.29, 1.82) is 0 Å². The largest absolute Gasteiger partial charge is 0.389 e. The Bertz CT molecular complexity index is 436. The Balaban J connectivity index is 2.43. The topological polar surface area (TPSA) is 32.7 Å². The fourth-order valence-electron chi connectivity index (χ4n) is 2.63. The van der Waals surface area contributed by atoms with Gasteiger partial charge in [0.15, 0.2) is 0 Å². The number of aliphatic hydroxyl groups excluding tert-OH is 1. The first-order valence-electron chi connectivity index (χ1n) is 6.89. The minimum atomic E-state index is -0.679. The van der Waals surface area contributed by atoms with Crippen molar-refractivity contribution in [2.24, 2.45) is 0 Å². The second kappa shape index (κ2) is 5.88. The zero-order valence-corrected chi connectivity index (χ0v) is 11.8. The number of aliphatic hydroxyl groups is 1. The molecule has 106 valence electrons. The van der Waals surface area contributed by atoms with Gasteiger partial charge in [0.05, 0.1) is 30.5 Å². The Hall–Kier alpha value is -1.13. The lowest BCUT2D eigenvalue weighted by Gasteiger charge is -2.41. The molecule has 3 unspecified atom stereocenters. The van der Waals surface area contributed by atoms with E-state index in [-0.39, 0.29) is 18.0 Å². The molecule has 3 nitrogen and oxygen atoms in total. The summed E-state index contributed by atoms with van der Waals surface area (Å²) in [7, 11) is 0. The summed E-state index contributed by atoms with van der Waals surface area (Å²) in [5.74, 6) is -0.272. The highest BCUT2D eigenvalue weighted by Gasteiger charge is 2.29. The molecule has 0 amide bonds. The van der Waals surface area contributed by atoms with Crippen LogP contribution in [-0.4, -0.2) is 30.4 Å². The van der Waals surface area contributed by atoms with Gasteiger partial charge < -0.3 is 14.7 Å². The summed E-state index contributed by atoms with van der Waals surface area (Å²) >= 11 is 0. The van der Waals surface area contributed by atoms with Crippen molar-refractivity contribution in [2.75, 3.05) is 18.1 Å². The van der Waals surface area contributed by atoms with E-state index in [0.29, 0.717) is 24.4 Å². The van der Waals surface area contributed by atoms with Crippen LogP contribution in [0.25, 0.3) is 0 Å². The summed E-state index contributed by atoms with van der Waals surface area (Å²) in [6.45, 7) is 6.98. The molecular formula is C15H22FNO2. The van der Waals surface area contributed by atoms with Gasteiger partial charge in [-0.2, -0.15) is 0 Å². The van der Waals surface area contributed by atoms with Crippen molar-refractivity contribution in [3.63, 3.8) is 0 Å². The molecule has 1 saturated heterocycles. The van der Waals surface area contributed by atoms with Gasteiger partial charge in [-0.1, -0.05) is 19.1 Å². The van der Waals surface area contributed by atoms with Crippen LogP contribution >= 0.6 is 0 Å². The Labute approximate surface area is 114 Å². The smallest absolute Gasteiger partial charge is 0.146 e. The number of ether oxygens (including phenoxy) is 1. The number of rotatable bonds is 3. The predicted octanol–water partition coefficient (Wildman–Crippen LogP) is 2.88. The number of anilines is 1. The molecule has 0 bridgehead atoms. The molecule has 4 heteroatoms. The van der Waals surface area contributed by atoms with Gasteiger partial charge in [0.1, 0.15) is 5.82 Å². The molecule has 3 atom stereocenters. The van der Waals surface area contributed by atoms with E-state index in [2.05, 4.69) is 6.92 Å². The van der Waals surface area contributed by atoms with Gasteiger partial charge in [0.25, 0.3) is 0 Å². The Morgan fingerprint density at radius 2 is 2.26 bits per heavy atom. The summed E-state index contributed by atoms with van der Waals surface area (Å²) < 4.78 is 19.9. The average Bonchev–Trinajstić information content (AvgIpc) is 2.38. The van der Waals surface area contributed by atoms with E-state index in [4.69, 9.17) is 4.74 Å². The predicted molar refractivity (Wildman–Crippen MR) is 73.9 cm³/mol. The molecule has 1 aliphatic rings. The van der Waals surface area contributed by atoms with Crippen LogP contribution in [0.2, 0.25) is 0 Å². The molecular weight excluding hydrogens is 245 g/mol. The zero-order chi connectivity index (χ0) is 14.0. The van der Waals surface area contributed by atoms with E-state index in [9.17, 15) is 9.50 Å². The van der Waals surface area contributed by atoms with Crippen LogP contribution in [0.15, 0.2) is 18.2 Å². The number of nitrogens with zero attached hydrogens (tertiary/aromatic N) is 1. The first-order valence-corrected chi connectivity index (χ1v) is 6.89. The summed E-state index contributed by atoms with van der Waals surface area (Å²) in [6.07, 6.45) is 0.283. The average molecular weight is 267 g/mol. The van der Waals surface area contributed by atoms with Gasteiger partial charge in [0.2, 0.25) is 0 Å². The summed E-state index contributed by atoms with van der Waals surface area (Å²) in [5.41, 5.74) is 1.17. The van der Waals surface area contributed by atoms with Crippen molar-refractivity contribution in [3.05, 3.63) is 29.6 Å². The number of hydrogen-bond acceptors (Lipinski definition) is 3. The molecule has 0 spiro atoms. The number of morpholine rings is 1. The molecule has 0 aromatic heterocycles. The molecule has 1 fully saturated rings. The van der Waals surface area contributed by atoms with Crippen molar-refractivity contribution in [2.45, 2.75) is 45.4 Å². The molecule has 2 rings (SSSR count). The number of halogens is 1. The minimum Gasteiger partial charge on any atom is -0.389 e. The third kappa shape index (κ3) is 2.90. The van der Waals surface area contributed by atoms with Crippen molar-refractivity contribution >= 4 is 5.69 Å². The Kier molecular flexibility index (Phi) is 4.42. The van der Waals surface area contributed by atoms with Gasteiger partial charge in [0, 0.05) is 12.1 Å². The van der Waals surface area contributed by atoms with Crippen LogP contribution < -0.4 is 4.90 Å². The van der Waals surface area contributed by atoms with E-state index in [0.717, 1.165) is 6.42 Å². The van der Waals surface area contributed by atoms with E-state index < -0.39 is 6.10 Å². The molecule has 0 aliphatic carbocycles. The summed E-state index contributed by atoms with van der Waals surface area (Å²) in [6, 6.07) is 5.04. The van der Waals surface area contributed by atoms with Crippen LogP contribution in [0.3, 0.4) is 0 Å². The first-order chi connectivity index (χ1) is 9.04. The van der Waals surface area contributed by atoms with E-state index in [1.807, 2.05) is 11.8 Å². The molecule has 1 aromatic carbocycles. The highest BCUT2D eigenvalue weighted by molar-refractivity contribution is 5.57. The van der Waals surface area contributed by atoms with Crippen LogP contribution in [0.1, 0.15) is 38.9 Å². The Morgan fingerprint density at radius 3 is 2.89 bits per heavy atom. The molecule has 1 aromatic rings. The van der Waals surface area contributed by atoms with Gasteiger partial charge in [-0.25, -0.2) is 4.39 Å². The maximum Gasteiger partial charge on any atom is 0.146 e. The summed E-state index contributed by atoms with van der Waals surface area (Å²) in [5, 5.41) is 9.86. The van der Waals surface area contributed by atoms with Crippen LogP contribution in [0.5, 0.6) is 0 Å². The number of hydrogen-bond donors (Lipinski definition) is 1. The zero-order valence-electron chi connectivity index (χ0n) is 11.8. The SMILES string of the molecule is CCC1COC(C)CN1c1c(F)cccc1C(C)O.